The predicted octanol–water partition coefficient (Wildman–Crippen LogP) is -0.136. The molecule has 4 radical (unpaired) electrons. The van der Waals surface area contributed by atoms with Gasteiger partial charge in [-0.3, -0.25) is 0 Å². The van der Waals surface area contributed by atoms with Crippen molar-refractivity contribution in [3.8, 4) is 0 Å². The molecule has 0 saturated carbocycles. The van der Waals surface area contributed by atoms with Crippen molar-refractivity contribution in [1.29, 1.82) is 0 Å². The maximum atomic E-state index is 2.08. The van der Waals surface area contributed by atoms with E-state index in [4.69, 9.17) is 0 Å². The summed E-state index contributed by atoms with van der Waals surface area (Å²) in [7, 11) is 0. The van der Waals surface area contributed by atoms with Gasteiger partial charge in [0.1, 0.15) is 0 Å². The Morgan fingerprint density at radius 1 is 0.600 bits per heavy atom. The van der Waals surface area contributed by atoms with Gasteiger partial charge in [0, 0.05) is 0 Å². The van der Waals surface area contributed by atoms with Crippen LogP contribution in [0.25, 0.3) is 0 Å². The first-order valence-corrected chi connectivity index (χ1v) is 3.00. The summed E-state index contributed by atoms with van der Waals surface area (Å²) < 4.78 is 0. The van der Waals surface area contributed by atoms with E-state index in [9.17, 15) is 0 Å². The van der Waals surface area contributed by atoms with Gasteiger partial charge < -0.3 is 12.4 Å². The van der Waals surface area contributed by atoms with Gasteiger partial charge in [-0.1, -0.05) is 41.5 Å². The SMILES string of the molecule is C[C](C)C.C[C](C)C.[Cl-].[In+]. The van der Waals surface area contributed by atoms with E-state index in [0.717, 1.165) is 0 Å². The first-order chi connectivity index (χ1) is 3.46. The van der Waals surface area contributed by atoms with Crippen LogP contribution in [0.4, 0.5) is 0 Å². The molecule has 0 unspecified atom stereocenters. The van der Waals surface area contributed by atoms with Crippen molar-refractivity contribution in [1.82, 2.24) is 0 Å². The predicted molar refractivity (Wildman–Crippen MR) is 46.3 cm³/mol. The second-order valence-corrected chi connectivity index (χ2v) is 3.00. The molecule has 0 aromatic rings. The molecule has 2 heteroatoms. The van der Waals surface area contributed by atoms with Crippen LogP contribution in [0.2, 0.25) is 0 Å². The normalized spacial score (nSPS) is 7.20. The Balaban J connectivity index is -0.0000000300. The number of halogens is 1. The zero-order valence-electron chi connectivity index (χ0n) is 7.96. The summed E-state index contributed by atoms with van der Waals surface area (Å²) in [6.45, 7) is 12.5. The van der Waals surface area contributed by atoms with Crippen LogP contribution in [0, 0.1) is 11.8 Å². The maximum Gasteiger partial charge on any atom is 1.00 e. The van der Waals surface area contributed by atoms with Crippen LogP contribution in [0.3, 0.4) is 0 Å². The van der Waals surface area contributed by atoms with Crippen LogP contribution in [-0.2, 0) is 0 Å². The smallest absolute Gasteiger partial charge is 1.00 e. The van der Waals surface area contributed by atoms with E-state index in [-0.39, 0.29) is 38.3 Å². The van der Waals surface area contributed by atoms with Crippen molar-refractivity contribution in [3.63, 3.8) is 0 Å². The first kappa shape index (κ1) is 22.5. The van der Waals surface area contributed by atoms with Gasteiger partial charge in [0.15, 0.2) is 0 Å². The molecule has 0 bridgehead atoms. The number of hydrogen-bond donors (Lipinski definition) is 0. The standard InChI is InChI=1S/2C4H9.ClH.In/c2*1-4(2)3;;/h2*1-3H3;1H;/q;;;+1/p-1. The van der Waals surface area contributed by atoms with Crippen LogP contribution in [0.15, 0.2) is 0 Å². The summed E-state index contributed by atoms with van der Waals surface area (Å²) >= 11 is 0. The summed E-state index contributed by atoms with van der Waals surface area (Å²) in [5, 5.41) is 0. The Labute approximate surface area is 91.4 Å². The Bertz CT molecular complexity index is 24.7. The molecule has 0 spiro atoms. The van der Waals surface area contributed by atoms with Gasteiger partial charge in [-0.2, -0.15) is 0 Å². The molecule has 0 aromatic heterocycles. The summed E-state index contributed by atoms with van der Waals surface area (Å²) in [6, 6.07) is 0. The summed E-state index contributed by atoms with van der Waals surface area (Å²) in [5.41, 5.74) is 0. The molecule has 0 aliphatic heterocycles. The van der Waals surface area contributed by atoms with E-state index in [0.29, 0.717) is 0 Å². The fraction of sp³-hybridized carbons (Fsp3) is 0.750. The molecule has 60 valence electrons. The second kappa shape index (κ2) is 16.6. The Morgan fingerprint density at radius 3 is 0.600 bits per heavy atom. The first-order valence-electron chi connectivity index (χ1n) is 3.00. The molecule has 0 heterocycles. The van der Waals surface area contributed by atoms with Crippen molar-refractivity contribution in [3.05, 3.63) is 11.8 Å². The van der Waals surface area contributed by atoms with Crippen LogP contribution in [-0.4, -0.2) is 25.8 Å². The molecule has 0 nitrogen and oxygen atoms in total. The van der Waals surface area contributed by atoms with E-state index >= 15 is 0 Å². The van der Waals surface area contributed by atoms with Gasteiger partial charge in [-0.15, -0.1) is 0 Å². The van der Waals surface area contributed by atoms with E-state index in [1.807, 2.05) is 0 Å². The van der Waals surface area contributed by atoms with Crippen LogP contribution >= 0.6 is 0 Å². The Hall–Kier alpha value is 1.16. The third kappa shape index (κ3) is 453. The van der Waals surface area contributed by atoms with Crippen molar-refractivity contribution in [2.75, 3.05) is 0 Å². The minimum atomic E-state index is 0. The van der Waals surface area contributed by atoms with E-state index in [1.165, 1.54) is 11.8 Å². The molecule has 0 rings (SSSR count). The van der Waals surface area contributed by atoms with E-state index in [1.54, 1.807) is 0 Å². The zero-order valence-corrected chi connectivity index (χ0v) is 12.0. The van der Waals surface area contributed by atoms with Gasteiger partial charge >= 0.3 is 25.8 Å². The molecular formula is C8H18ClIn. The monoisotopic (exact) mass is 264 g/mol. The number of rotatable bonds is 0. The van der Waals surface area contributed by atoms with Gasteiger partial charge in [0.05, 0.1) is 0 Å². The molecule has 0 saturated heterocycles. The van der Waals surface area contributed by atoms with Gasteiger partial charge in [0.2, 0.25) is 0 Å². The van der Waals surface area contributed by atoms with Crippen molar-refractivity contribution >= 4 is 25.8 Å². The van der Waals surface area contributed by atoms with Crippen molar-refractivity contribution in [2.24, 2.45) is 0 Å². The molecule has 10 heavy (non-hydrogen) atoms. The van der Waals surface area contributed by atoms with Crippen LogP contribution in [0.1, 0.15) is 41.5 Å². The Kier molecular flexibility index (Phi) is 37.4. The average molecular weight is 265 g/mol. The molecule has 0 atom stereocenters. The molecule has 0 aromatic carbocycles. The minimum Gasteiger partial charge on any atom is -1.00 e. The average Bonchev–Trinajstić information content (AvgIpc) is 1.25. The third-order valence-corrected chi connectivity index (χ3v) is 0. The fourth-order valence-electron chi connectivity index (χ4n) is 0. The summed E-state index contributed by atoms with van der Waals surface area (Å²) in [6.07, 6.45) is 0. The van der Waals surface area contributed by atoms with E-state index < -0.39 is 0 Å². The fourth-order valence-corrected chi connectivity index (χ4v) is 0. The topological polar surface area (TPSA) is 0 Å². The van der Waals surface area contributed by atoms with Crippen LogP contribution < -0.4 is 12.4 Å². The molecule has 0 N–H and O–H groups in total. The quantitative estimate of drug-likeness (QED) is 0.572. The van der Waals surface area contributed by atoms with Crippen LogP contribution in [0.5, 0.6) is 0 Å². The summed E-state index contributed by atoms with van der Waals surface area (Å²) in [5.74, 6) is 2.83. The molecular weight excluding hydrogens is 246 g/mol. The largest absolute Gasteiger partial charge is 1.00 e. The molecule has 0 aliphatic rings. The zero-order chi connectivity index (χ0) is 7.15. The van der Waals surface area contributed by atoms with E-state index in [2.05, 4.69) is 41.5 Å². The van der Waals surface area contributed by atoms with Gasteiger partial charge in [-0.05, 0) is 11.8 Å². The van der Waals surface area contributed by atoms with Gasteiger partial charge in [0.25, 0.3) is 0 Å². The second-order valence-electron chi connectivity index (χ2n) is 3.00. The number of hydrogen-bond acceptors (Lipinski definition) is 0. The third-order valence-electron chi connectivity index (χ3n) is 0. The molecule has 0 amide bonds. The minimum absolute atomic E-state index is 0. The Morgan fingerprint density at radius 2 is 0.600 bits per heavy atom. The van der Waals surface area contributed by atoms with Crippen molar-refractivity contribution in [2.45, 2.75) is 41.5 Å². The maximum absolute atomic E-state index is 2.08. The van der Waals surface area contributed by atoms with Crippen molar-refractivity contribution < 1.29 is 12.4 Å². The van der Waals surface area contributed by atoms with Gasteiger partial charge in [-0.25, -0.2) is 0 Å². The molecule has 0 aliphatic carbocycles. The summed E-state index contributed by atoms with van der Waals surface area (Å²) in [4.78, 5) is 0. The molecule has 0 fully saturated rings.